The molecule has 0 atom stereocenters. The molecule has 1 spiro atoms. The van der Waals surface area contributed by atoms with Crippen LogP contribution in [0.25, 0.3) is 6.08 Å². The standard InChI is InChI=1S/C18H24F2N2/c1-4-15-9-14(13(2)3)10-16(21-15)11-22-7-5-17(6-8-22)12-18(17,19)20/h4,9-10,13H,1,5-8,11-12H2,2-3H3. The Morgan fingerprint density at radius 1 is 1.32 bits per heavy atom. The highest BCUT2D eigenvalue weighted by molar-refractivity contribution is 5.44. The van der Waals surface area contributed by atoms with Gasteiger partial charge in [-0.05, 0) is 55.6 Å². The Labute approximate surface area is 131 Å². The van der Waals surface area contributed by atoms with E-state index < -0.39 is 11.3 Å². The first-order valence-corrected chi connectivity index (χ1v) is 8.09. The first-order valence-electron chi connectivity index (χ1n) is 8.09. The van der Waals surface area contributed by atoms with Crippen LogP contribution in [0.2, 0.25) is 0 Å². The summed E-state index contributed by atoms with van der Waals surface area (Å²) in [6.07, 6.45) is 3.08. The SMILES string of the molecule is C=Cc1cc(C(C)C)cc(CN2CCC3(CC2)CC3(F)F)n1. The van der Waals surface area contributed by atoms with Crippen LogP contribution >= 0.6 is 0 Å². The van der Waals surface area contributed by atoms with E-state index in [2.05, 4.69) is 42.4 Å². The average Bonchev–Trinajstić information content (AvgIpc) is 3.01. The van der Waals surface area contributed by atoms with Crippen molar-refractivity contribution in [2.75, 3.05) is 13.1 Å². The van der Waals surface area contributed by atoms with Crippen LogP contribution in [0.5, 0.6) is 0 Å². The number of hydrogen-bond donors (Lipinski definition) is 0. The normalized spacial score (nSPS) is 23.0. The zero-order valence-electron chi connectivity index (χ0n) is 13.4. The molecule has 1 aliphatic heterocycles. The Kier molecular flexibility index (Phi) is 3.84. The summed E-state index contributed by atoms with van der Waals surface area (Å²) in [6.45, 7) is 10.3. The highest BCUT2D eigenvalue weighted by Gasteiger charge is 2.70. The van der Waals surface area contributed by atoms with E-state index in [1.807, 2.05) is 0 Å². The maximum absolute atomic E-state index is 13.4. The van der Waals surface area contributed by atoms with Crippen molar-refractivity contribution in [2.45, 2.75) is 51.5 Å². The zero-order valence-corrected chi connectivity index (χ0v) is 13.4. The van der Waals surface area contributed by atoms with Gasteiger partial charge in [-0.2, -0.15) is 0 Å². The van der Waals surface area contributed by atoms with Crippen LogP contribution in [0.4, 0.5) is 8.78 Å². The first-order chi connectivity index (χ1) is 10.4. The van der Waals surface area contributed by atoms with Gasteiger partial charge in [0.15, 0.2) is 0 Å². The van der Waals surface area contributed by atoms with Crippen molar-refractivity contribution in [1.29, 1.82) is 0 Å². The number of piperidine rings is 1. The molecule has 2 aliphatic rings. The van der Waals surface area contributed by atoms with Gasteiger partial charge in [0.2, 0.25) is 0 Å². The molecule has 4 heteroatoms. The molecule has 1 aromatic rings. The Balaban J connectivity index is 1.67. The van der Waals surface area contributed by atoms with Crippen LogP contribution in [-0.4, -0.2) is 28.9 Å². The van der Waals surface area contributed by atoms with E-state index in [4.69, 9.17) is 0 Å². The van der Waals surface area contributed by atoms with Gasteiger partial charge in [0, 0.05) is 18.4 Å². The second-order valence-corrected chi connectivity index (χ2v) is 7.11. The molecule has 0 N–H and O–H groups in total. The van der Waals surface area contributed by atoms with Gasteiger partial charge < -0.3 is 0 Å². The smallest absolute Gasteiger partial charge is 0.254 e. The number of hydrogen-bond acceptors (Lipinski definition) is 2. The number of pyridine rings is 1. The summed E-state index contributed by atoms with van der Waals surface area (Å²) in [4.78, 5) is 6.85. The van der Waals surface area contributed by atoms with Crippen LogP contribution in [0.15, 0.2) is 18.7 Å². The van der Waals surface area contributed by atoms with Crippen LogP contribution in [-0.2, 0) is 6.54 Å². The van der Waals surface area contributed by atoms with Gasteiger partial charge in [0.1, 0.15) is 0 Å². The van der Waals surface area contributed by atoms with E-state index in [1.165, 1.54) is 5.56 Å². The molecule has 2 fully saturated rings. The van der Waals surface area contributed by atoms with Gasteiger partial charge in [-0.25, -0.2) is 8.78 Å². The summed E-state index contributed by atoms with van der Waals surface area (Å²) in [5, 5.41) is 0. The molecule has 0 bridgehead atoms. The third kappa shape index (κ3) is 2.81. The third-order valence-electron chi connectivity index (χ3n) is 5.21. The molecule has 0 aromatic carbocycles. The molecular formula is C18H24F2N2. The predicted molar refractivity (Wildman–Crippen MR) is 84.9 cm³/mol. The van der Waals surface area contributed by atoms with Gasteiger partial charge in [0.25, 0.3) is 5.92 Å². The van der Waals surface area contributed by atoms with Gasteiger partial charge in [-0.1, -0.05) is 20.4 Å². The molecule has 0 unspecified atom stereocenters. The molecule has 2 heterocycles. The zero-order chi connectivity index (χ0) is 16.0. The van der Waals surface area contributed by atoms with E-state index >= 15 is 0 Å². The second kappa shape index (κ2) is 5.41. The molecule has 0 amide bonds. The van der Waals surface area contributed by atoms with Crippen LogP contribution in [0.3, 0.4) is 0 Å². The fourth-order valence-electron chi connectivity index (χ4n) is 3.45. The summed E-state index contributed by atoms with van der Waals surface area (Å²) in [5.41, 5.74) is 2.48. The Morgan fingerprint density at radius 2 is 1.95 bits per heavy atom. The van der Waals surface area contributed by atoms with Crippen LogP contribution in [0, 0.1) is 5.41 Å². The third-order valence-corrected chi connectivity index (χ3v) is 5.21. The van der Waals surface area contributed by atoms with Crippen molar-refractivity contribution in [2.24, 2.45) is 5.41 Å². The van der Waals surface area contributed by atoms with E-state index in [1.54, 1.807) is 6.08 Å². The van der Waals surface area contributed by atoms with E-state index in [0.29, 0.717) is 18.8 Å². The highest BCUT2D eigenvalue weighted by Crippen LogP contribution is 2.65. The number of aromatic nitrogens is 1. The summed E-state index contributed by atoms with van der Waals surface area (Å²) < 4.78 is 26.9. The lowest BCUT2D eigenvalue weighted by atomic mass is 9.92. The van der Waals surface area contributed by atoms with Crippen molar-refractivity contribution in [3.05, 3.63) is 35.7 Å². The van der Waals surface area contributed by atoms with Crippen molar-refractivity contribution in [3.8, 4) is 0 Å². The monoisotopic (exact) mass is 306 g/mol. The quantitative estimate of drug-likeness (QED) is 0.816. The molecule has 1 aromatic heterocycles. The molecule has 22 heavy (non-hydrogen) atoms. The minimum Gasteiger partial charge on any atom is -0.297 e. The van der Waals surface area contributed by atoms with Gasteiger partial charge in [0.05, 0.1) is 11.4 Å². The topological polar surface area (TPSA) is 16.1 Å². The minimum absolute atomic E-state index is 0.0928. The first kappa shape index (κ1) is 15.6. The summed E-state index contributed by atoms with van der Waals surface area (Å²) in [5.74, 6) is -1.97. The van der Waals surface area contributed by atoms with E-state index in [0.717, 1.165) is 31.0 Å². The Bertz CT molecular complexity index is 572. The Morgan fingerprint density at radius 3 is 2.45 bits per heavy atom. The molecule has 1 aliphatic carbocycles. The average molecular weight is 306 g/mol. The van der Waals surface area contributed by atoms with Crippen LogP contribution < -0.4 is 0 Å². The van der Waals surface area contributed by atoms with Crippen LogP contribution in [0.1, 0.15) is 56.0 Å². The lowest BCUT2D eigenvalue weighted by Crippen LogP contribution is -2.36. The molecule has 2 nitrogen and oxygen atoms in total. The second-order valence-electron chi connectivity index (χ2n) is 7.11. The van der Waals surface area contributed by atoms with E-state index in [-0.39, 0.29) is 6.42 Å². The van der Waals surface area contributed by atoms with Crippen molar-refractivity contribution in [3.63, 3.8) is 0 Å². The number of nitrogens with zero attached hydrogens (tertiary/aromatic N) is 2. The lowest BCUT2D eigenvalue weighted by Gasteiger charge is -2.32. The minimum atomic E-state index is -2.41. The van der Waals surface area contributed by atoms with Crippen molar-refractivity contribution < 1.29 is 8.78 Å². The van der Waals surface area contributed by atoms with E-state index in [9.17, 15) is 8.78 Å². The van der Waals surface area contributed by atoms with Crippen molar-refractivity contribution >= 4 is 6.08 Å². The molecule has 3 rings (SSSR count). The van der Waals surface area contributed by atoms with Gasteiger partial charge >= 0.3 is 0 Å². The molecule has 1 saturated carbocycles. The summed E-state index contributed by atoms with van der Waals surface area (Å²) >= 11 is 0. The maximum atomic E-state index is 13.4. The number of rotatable bonds is 4. The highest BCUT2D eigenvalue weighted by atomic mass is 19.3. The number of alkyl halides is 2. The molecule has 1 saturated heterocycles. The summed E-state index contributed by atoms with van der Waals surface area (Å²) in [6, 6.07) is 4.20. The molecule has 0 radical (unpaired) electrons. The maximum Gasteiger partial charge on any atom is 0.254 e. The van der Waals surface area contributed by atoms with Gasteiger partial charge in [-0.15, -0.1) is 0 Å². The summed E-state index contributed by atoms with van der Waals surface area (Å²) in [7, 11) is 0. The largest absolute Gasteiger partial charge is 0.297 e. The number of halogens is 2. The van der Waals surface area contributed by atoms with Crippen molar-refractivity contribution in [1.82, 2.24) is 9.88 Å². The predicted octanol–water partition coefficient (Wildman–Crippen LogP) is 4.47. The van der Waals surface area contributed by atoms with Gasteiger partial charge in [-0.3, -0.25) is 9.88 Å². The molecule has 120 valence electrons. The molecular weight excluding hydrogens is 282 g/mol. The Hall–Kier alpha value is -1.29. The fraction of sp³-hybridized carbons (Fsp3) is 0.611. The lowest BCUT2D eigenvalue weighted by molar-refractivity contribution is 0.0298. The fourth-order valence-corrected chi connectivity index (χ4v) is 3.45. The number of likely N-dealkylation sites (tertiary alicyclic amines) is 1.